The van der Waals surface area contributed by atoms with Gasteiger partial charge in [-0.25, -0.2) is 0 Å². The highest BCUT2D eigenvalue weighted by molar-refractivity contribution is 14.1. The Kier molecular flexibility index (Phi) is 5.69. The molecule has 0 aliphatic carbocycles. The molecule has 2 rings (SSSR count). The van der Waals surface area contributed by atoms with Gasteiger partial charge in [-0.1, -0.05) is 23.7 Å². The van der Waals surface area contributed by atoms with E-state index in [0.29, 0.717) is 35.2 Å². The van der Waals surface area contributed by atoms with Crippen LogP contribution in [0.5, 0.6) is 5.75 Å². The number of nitrogen functional groups attached to an aromatic ring is 1. The van der Waals surface area contributed by atoms with Crippen LogP contribution < -0.4 is 15.8 Å². The second kappa shape index (κ2) is 7.51. The Morgan fingerprint density at radius 1 is 1.29 bits per heavy atom. The summed E-state index contributed by atoms with van der Waals surface area (Å²) >= 11 is 8.10. The fourth-order valence-corrected chi connectivity index (χ4v) is 2.19. The number of halogens is 2. The Morgan fingerprint density at radius 3 is 2.76 bits per heavy atom. The lowest BCUT2D eigenvalue weighted by molar-refractivity contribution is 0.0947. The maximum atomic E-state index is 11.9. The molecular formula is C15H14ClIN2O2. The molecule has 2 aromatic carbocycles. The molecule has 3 N–H and O–H groups in total. The summed E-state index contributed by atoms with van der Waals surface area (Å²) in [7, 11) is 0. The van der Waals surface area contributed by atoms with Gasteiger partial charge in [0, 0.05) is 9.13 Å². The van der Waals surface area contributed by atoms with E-state index >= 15 is 0 Å². The monoisotopic (exact) mass is 416 g/mol. The van der Waals surface area contributed by atoms with Crippen molar-refractivity contribution in [3.05, 3.63) is 56.6 Å². The van der Waals surface area contributed by atoms with Crippen LogP contribution in [0.1, 0.15) is 10.4 Å². The molecular weight excluding hydrogens is 403 g/mol. The maximum Gasteiger partial charge on any atom is 0.251 e. The summed E-state index contributed by atoms with van der Waals surface area (Å²) < 4.78 is 6.41. The van der Waals surface area contributed by atoms with Gasteiger partial charge in [0.2, 0.25) is 0 Å². The quantitative estimate of drug-likeness (QED) is 0.446. The lowest BCUT2D eigenvalue weighted by atomic mass is 10.2. The highest BCUT2D eigenvalue weighted by atomic mass is 127. The van der Waals surface area contributed by atoms with Gasteiger partial charge < -0.3 is 15.8 Å². The van der Waals surface area contributed by atoms with Crippen molar-refractivity contribution in [1.82, 2.24) is 5.32 Å². The summed E-state index contributed by atoms with van der Waals surface area (Å²) in [5, 5.41) is 3.34. The van der Waals surface area contributed by atoms with Gasteiger partial charge in [-0.3, -0.25) is 4.79 Å². The summed E-state index contributed by atoms with van der Waals surface area (Å²) in [6.45, 7) is 0.731. The van der Waals surface area contributed by atoms with Crippen molar-refractivity contribution in [2.75, 3.05) is 18.9 Å². The summed E-state index contributed by atoms with van der Waals surface area (Å²) in [5.74, 6) is 0.432. The van der Waals surface area contributed by atoms with E-state index in [0.717, 1.165) is 3.57 Å². The summed E-state index contributed by atoms with van der Waals surface area (Å²) in [4.78, 5) is 11.9. The van der Waals surface area contributed by atoms with Crippen molar-refractivity contribution in [1.29, 1.82) is 0 Å². The van der Waals surface area contributed by atoms with E-state index in [2.05, 4.69) is 27.9 Å². The van der Waals surface area contributed by atoms with Crippen molar-refractivity contribution in [2.24, 2.45) is 0 Å². The Labute approximate surface area is 141 Å². The number of rotatable bonds is 5. The average molecular weight is 417 g/mol. The number of benzene rings is 2. The van der Waals surface area contributed by atoms with Crippen LogP contribution in [0.4, 0.5) is 5.69 Å². The molecule has 1 amide bonds. The van der Waals surface area contributed by atoms with E-state index in [-0.39, 0.29) is 5.91 Å². The molecule has 0 aliphatic heterocycles. The van der Waals surface area contributed by atoms with Crippen LogP contribution in [0.25, 0.3) is 0 Å². The molecule has 0 aromatic heterocycles. The SMILES string of the molecule is Nc1ccccc1OCCNC(=O)c1ccc(I)c(Cl)c1. The number of amides is 1. The van der Waals surface area contributed by atoms with Gasteiger partial charge in [0.05, 0.1) is 17.3 Å². The molecule has 0 radical (unpaired) electrons. The van der Waals surface area contributed by atoms with Gasteiger partial charge in [0.15, 0.2) is 0 Å². The van der Waals surface area contributed by atoms with Crippen LogP contribution >= 0.6 is 34.2 Å². The number of nitrogens with two attached hydrogens (primary N) is 1. The van der Waals surface area contributed by atoms with Crippen molar-refractivity contribution < 1.29 is 9.53 Å². The molecule has 4 nitrogen and oxygen atoms in total. The first-order valence-electron chi connectivity index (χ1n) is 6.28. The minimum Gasteiger partial charge on any atom is -0.490 e. The van der Waals surface area contributed by atoms with Crippen molar-refractivity contribution >= 4 is 45.8 Å². The Hall–Kier alpha value is -1.47. The Bertz CT molecular complexity index is 649. The summed E-state index contributed by atoms with van der Waals surface area (Å²) in [6, 6.07) is 12.4. The summed E-state index contributed by atoms with van der Waals surface area (Å²) in [6.07, 6.45) is 0. The Morgan fingerprint density at radius 2 is 2.05 bits per heavy atom. The molecule has 0 bridgehead atoms. The normalized spacial score (nSPS) is 10.2. The number of nitrogens with one attached hydrogen (secondary N) is 1. The molecule has 0 heterocycles. The molecule has 21 heavy (non-hydrogen) atoms. The number of ether oxygens (including phenoxy) is 1. The zero-order valence-corrected chi connectivity index (χ0v) is 14.0. The third-order valence-electron chi connectivity index (χ3n) is 2.75. The number of carbonyl (C=O) groups is 1. The molecule has 0 unspecified atom stereocenters. The minimum atomic E-state index is -0.182. The fourth-order valence-electron chi connectivity index (χ4n) is 1.68. The first-order chi connectivity index (χ1) is 10.1. The highest BCUT2D eigenvalue weighted by Crippen LogP contribution is 2.20. The van der Waals surface area contributed by atoms with Gasteiger partial charge in [0.25, 0.3) is 5.91 Å². The lowest BCUT2D eigenvalue weighted by Crippen LogP contribution is -2.28. The van der Waals surface area contributed by atoms with Crippen LogP contribution in [0.2, 0.25) is 5.02 Å². The fraction of sp³-hybridized carbons (Fsp3) is 0.133. The predicted molar refractivity (Wildman–Crippen MR) is 92.9 cm³/mol. The van der Waals surface area contributed by atoms with Crippen LogP contribution in [-0.4, -0.2) is 19.1 Å². The van der Waals surface area contributed by atoms with Gasteiger partial charge >= 0.3 is 0 Å². The zero-order chi connectivity index (χ0) is 15.2. The van der Waals surface area contributed by atoms with E-state index < -0.39 is 0 Å². The largest absolute Gasteiger partial charge is 0.490 e. The van der Waals surface area contributed by atoms with Gasteiger partial charge in [-0.05, 0) is 52.9 Å². The van der Waals surface area contributed by atoms with Crippen LogP contribution in [0.3, 0.4) is 0 Å². The van der Waals surface area contributed by atoms with Gasteiger partial charge in [0.1, 0.15) is 12.4 Å². The smallest absolute Gasteiger partial charge is 0.251 e. The second-order valence-corrected chi connectivity index (χ2v) is 5.84. The first-order valence-corrected chi connectivity index (χ1v) is 7.74. The van der Waals surface area contributed by atoms with E-state index in [1.807, 2.05) is 12.1 Å². The van der Waals surface area contributed by atoms with E-state index in [1.165, 1.54) is 0 Å². The molecule has 110 valence electrons. The van der Waals surface area contributed by atoms with E-state index in [1.54, 1.807) is 30.3 Å². The molecule has 0 spiro atoms. The van der Waals surface area contributed by atoms with Crippen LogP contribution in [-0.2, 0) is 0 Å². The Balaban J connectivity index is 1.82. The van der Waals surface area contributed by atoms with Crippen molar-refractivity contribution in [3.8, 4) is 5.75 Å². The van der Waals surface area contributed by atoms with Gasteiger partial charge in [-0.2, -0.15) is 0 Å². The van der Waals surface area contributed by atoms with E-state index in [4.69, 9.17) is 22.1 Å². The number of hydrogen-bond donors (Lipinski definition) is 2. The zero-order valence-electron chi connectivity index (χ0n) is 11.1. The maximum absolute atomic E-state index is 11.9. The first kappa shape index (κ1) is 15.9. The van der Waals surface area contributed by atoms with Gasteiger partial charge in [-0.15, -0.1) is 0 Å². The molecule has 6 heteroatoms. The topological polar surface area (TPSA) is 64.3 Å². The molecule has 0 fully saturated rings. The third-order valence-corrected chi connectivity index (χ3v) is 4.32. The molecule has 0 atom stereocenters. The predicted octanol–water partition coefficient (Wildman–Crippen LogP) is 3.34. The second-order valence-electron chi connectivity index (χ2n) is 4.27. The minimum absolute atomic E-state index is 0.182. The third kappa shape index (κ3) is 4.50. The molecule has 0 saturated heterocycles. The molecule has 0 aliphatic rings. The highest BCUT2D eigenvalue weighted by Gasteiger charge is 2.07. The van der Waals surface area contributed by atoms with Crippen molar-refractivity contribution in [3.63, 3.8) is 0 Å². The van der Waals surface area contributed by atoms with Crippen molar-refractivity contribution in [2.45, 2.75) is 0 Å². The number of anilines is 1. The summed E-state index contributed by atoms with van der Waals surface area (Å²) in [5.41, 5.74) is 6.86. The number of para-hydroxylation sites is 2. The number of carbonyl (C=O) groups excluding carboxylic acids is 1. The molecule has 0 saturated carbocycles. The van der Waals surface area contributed by atoms with Crippen LogP contribution in [0, 0.1) is 3.57 Å². The molecule has 2 aromatic rings. The van der Waals surface area contributed by atoms with Crippen LogP contribution in [0.15, 0.2) is 42.5 Å². The average Bonchev–Trinajstić information content (AvgIpc) is 2.48. The number of hydrogen-bond acceptors (Lipinski definition) is 3. The van der Waals surface area contributed by atoms with E-state index in [9.17, 15) is 4.79 Å². The lowest BCUT2D eigenvalue weighted by Gasteiger charge is -2.09. The standard InChI is InChI=1S/C15H14ClIN2O2/c16-11-9-10(5-6-12(11)17)15(20)19-7-8-21-14-4-2-1-3-13(14)18/h1-6,9H,7-8,18H2,(H,19,20).